The van der Waals surface area contributed by atoms with Crippen molar-refractivity contribution in [3.63, 3.8) is 0 Å². The third kappa shape index (κ3) is 7.61. The van der Waals surface area contributed by atoms with Gasteiger partial charge in [-0.3, -0.25) is 9.59 Å². The molecule has 8 nitrogen and oxygen atoms in total. The van der Waals surface area contributed by atoms with Crippen molar-refractivity contribution in [3.8, 4) is 0 Å². The van der Waals surface area contributed by atoms with Crippen LogP contribution in [0.2, 0.25) is 0 Å². The minimum atomic E-state index is -0.910. The van der Waals surface area contributed by atoms with E-state index >= 15 is 0 Å². The quantitative estimate of drug-likeness (QED) is 0.550. The number of aliphatic carboxylic acids is 1. The molecule has 1 rings (SSSR count). The molecule has 0 aliphatic heterocycles. The van der Waals surface area contributed by atoms with Gasteiger partial charge in [0, 0.05) is 13.0 Å². The van der Waals surface area contributed by atoms with Crippen molar-refractivity contribution in [2.75, 3.05) is 13.1 Å². The van der Waals surface area contributed by atoms with E-state index in [1.165, 1.54) is 6.26 Å². The highest BCUT2D eigenvalue weighted by Gasteiger charge is 2.10. The van der Waals surface area contributed by atoms with E-state index in [1.807, 2.05) is 0 Å². The molecule has 0 radical (unpaired) electrons. The number of urea groups is 1. The summed E-state index contributed by atoms with van der Waals surface area (Å²) in [7, 11) is 0. The molecule has 0 spiro atoms. The Kier molecular flexibility index (Phi) is 6.79. The van der Waals surface area contributed by atoms with Gasteiger partial charge in [-0.2, -0.15) is 0 Å². The first-order valence-corrected chi connectivity index (χ1v) is 6.50. The van der Waals surface area contributed by atoms with Crippen LogP contribution in [0.3, 0.4) is 0 Å². The first-order valence-electron chi connectivity index (χ1n) is 6.50. The van der Waals surface area contributed by atoms with E-state index in [9.17, 15) is 14.4 Å². The van der Waals surface area contributed by atoms with Crippen LogP contribution < -0.4 is 16.0 Å². The van der Waals surface area contributed by atoms with Crippen LogP contribution in [0.1, 0.15) is 19.1 Å². The predicted octanol–water partition coefficient (Wildman–Crippen LogP) is 0.306. The van der Waals surface area contributed by atoms with Gasteiger partial charge in [-0.15, -0.1) is 0 Å². The van der Waals surface area contributed by atoms with E-state index in [2.05, 4.69) is 16.0 Å². The van der Waals surface area contributed by atoms with Gasteiger partial charge in [-0.1, -0.05) is 6.92 Å². The summed E-state index contributed by atoms with van der Waals surface area (Å²) >= 11 is 0. The third-order valence-electron chi connectivity index (χ3n) is 2.58. The van der Waals surface area contributed by atoms with Gasteiger partial charge >= 0.3 is 12.0 Å². The summed E-state index contributed by atoms with van der Waals surface area (Å²) in [5.41, 5.74) is 0. The van der Waals surface area contributed by atoms with Crippen molar-refractivity contribution in [3.05, 3.63) is 24.2 Å². The molecule has 0 aliphatic carbocycles. The van der Waals surface area contributed by atoms with Crippen LogP contribution in [-0.2, 0) is 16.1 Å². The molecular weight excluding hydrogens is 278 g/mol. The zero-order valence-electron chi connectivity index (χ0n) is 11.7. The van der Waals surface area contributed by atoms with Gasteiger partial charge < -0.3 is 25.5 Å². The Balaban J connectivity index is 2.11. The number of carbonyl (C=O) groups excluding carboxylic acids is 2. The van der Waals surface area contributed by atoms with Gasteiger partial charge in [0.05, 0.1) is 19.4 Å². The van der Waals surface area contributed by atoms with Gasteiger partial charge in [0.25, 0.3) is 0 Å². The van der Waals surface area contributed by atoms with Crippen molar-refractivity contribution in [1.82, 2.24) is 16.0 Å². The Bertz CT molecular complexity index is 472. The zero-order valence-corrected chi connectivity index (χ0v) is 11.7. The number of furan rings is 1. The minimum absolute atomic E-state index is 0.0165. The van der Waals surface area contributed by atoms with Crippen molar-refractivity contribution in [2.45, 2.75) is 19.9 Å². The summed E-state index contributed by atoms with van der Waals surface area (Å²) in [6.07, 6.45) is 1.48. The van der Waals surface area contributed by atoms with E-state index in [0.717, 1.165) is 0 Å². The molecule has 8 heteroatoms. The molecule has 1 aromatic rings. The molecule has 1 atom stereocenters. The lowest BCUT2D eigenvalue weighted by Gasteiger charge is -2.11. The van der Waals surface area contributed by atoms with E-state index in [0.29, 0.717) is 5.76 Å². The highest BCUT2D eigenvalue weighted by molar-refractivity contribution is 5.83. The smallest absolute Gasteiger partial charge is 0.315 e. The average Bonchev–Trinajstić information content (AvgIpc) is 2.93. The molecule has 116 valence electrons. The topological polar surface area (TPSA) is 121 Å². The second-order valence-corrected chi connectivity index (χ2v) is 4.62. The van der Waals surface area contributed by atoms with Gasteiger partial charge in [-0.25, -0.2) is 4.79 Å². The molecule has 0 aromatic carbocycles. The van der Waals surface area contributed by atoms with Gasteiger partial charge in [0.15, 0.2) is 0 Å². The van der Waals surface area contributed by atoms with Crippen molar-refractivity contribution < 1.29 is 23.9 Å². The van der Waals surface area contributed by atoms with Gasteiger partial charge in [0.2, 0.25) is 5.91 Å². The lowest BCUT2D eigenvalue weighted by atomic mass is 10.1. The highest BCUT2D eigenvalue weighted by Crippen LogP contribution is 1.99. The summed E-state index contributed by atoms with van der Waals surface area (Å²) in [6.45, 7) is 2.03. The Morgan fingerprint density at radius 1 is 1.29 bits per heavy atom. The number of carbonyl (C=O) groups is 3. The van der Waals surface area contributed by atoms with Crippen LogP contribution in [0.15, 0.2) is 22.8 Å². The van der Waals surface area contributed by atoms with E-state index in [-0.39, 0.29) is 37.9 Å². The summed E-state index contributed by atoms with van der Waals surface area (Å²) in [5, 5.41) is 16.0. The second-order valence-electron chi connectivity index (χ2n) is 4.62. The van der Waals surface area contributed by atoms with Gasteiger partial charge in [0.1, 0.15) is 5.76 Å². The van der Waals surface area contributed by atoms with Gasteiger partial charge in [-0.05, 0) is 18.1 Å². The fraction of sp³-hybridized carbons (Fsp3) is 0.462. The number of carboxylic acid groups (broad SMARTS) is 1. The van der Waals surface area contributed by atoms with Crippen LogP contribution >= 0.6 is 0 Å². The third-order valence-corrected chi connectivity index (χ3v) is 2.58. The highest BCUT2D eigenvalue weighted by atomic mass is 16.4. The molecular formula is C13H19N3O5. The summed E-state index contributed by atoms with van der Waals surface area (Å²) < 4.78 is 5.04. The van der Waals surface area contributed by atoms with Crippen LogP contribution in [0.25, 0.3) is 0 Å². The second kappa shape index (κ2) is 8.62. The molecule has 1 aromatic heterocycles. The lowest BCUT2D eigenvalue weighted by Crippen LogP contribution is -2.42. The molecule has 0 fully saturated rings. The largest absolute Gasteiger partial charge is 0.481 e. The number of hydrogen-bond acceptors (Lipinski definition) is 4. The Morgan fingerprint density at radius 3 is 2.67 bits per heavy atom. The zero-order chi connectivity index (χ0) is 15.7. The van der Waals surface area contributed by atoms with Crippen molar-refractivity contribution >= 4 is 17.9 Å². The SMILES string of the molecule is CC(CNC(=O)CNC(=O)NCc1ccco1)CC(=O)O. The Labute approximate surface area is 121 Å². The van der Waals surface area contributed by atoms with Crippen molar-refractivity contribution in [1.29, 1.82) is 0 Å². The number of carboxylic acids is 1. The van der Waals surface area contributed by atoms with E-state index in [4.69, 9.17) is 9.52 Å². The van der Waals surface area contributed by atoms with Crippen LogP contribution in [0.5, 0.6) is 0 Å². The molecule has 1 heterocycles. The van der Waals surface area contributed by atoms with E-state index < -0.39 is 12.0 Å². The first-order chi connectivity index (χ1) is 9.97. The Morgan fingerprint density at radius 2 is 2.05 bits per heavy atom. The number of amides is 3. The van der Waals surface area contributed by atoms with Crippen molar-refractivity contribution in [2.24, 2.45) is 5.92 Å². The summed E-state index contributed by atoms with van der Waals surface area (Å²) in [4.78, 5) is 33.3. The fourth-order valence-corrected chi connectivity index (χ4v) is 1.52. The Hall–Kier alpha value is -2.51. The fourth-order valence-electron chi connectivity index (χ4n) is 1.52. The average molecular weight is 297 g/mol. The number of rotatable bonds is 8. The number of nitrogens with one attached hydrogen (secondary N) is 3. The predicted molar refractivity (Wildman–Crippen MR) is 73.4 cm³/mol. The molecule has 0 aliphatic rings. The monoisotopic (exact) mass is 297 g/mol. The maximum absolute atomic E-state index is 11.5. The molecule has 3 amide bonds. The molecule has 0 saturated heterocycles. The van der Waals surface area contributed by atoms with Crippen LogP contribution in [-0.4, -0.2) is 36.1 Å². The van der Waals surface area contributed by atoms with Crippen LogP contribution in [0.4, 0.5) is 4.79 Å². The maximum atomic E-state index is 11.5. The summed E-state index contributed by atoms with van der Waals surface area (Å²) in [5.74, 6) is -0.844. The normalized spacial score (nSPS) is 11.5. The molecule has 0 saturated carbocycles. The summed E-state index contributed by atoms with van der Waals surface area (Å²) in [6, 6.07) is 2.94. The van der Waals surface area contributed by atoms with Crippen LogP contribution in [0, 0.1) is 5.92 Å². The number of hydrogen-bond donors (Lipinski definition) is 4. The standard InChI is InChI=1S/C13H19N3O5/c1-9(5-12(18)19)6-14-11(17)8-16-13(20)15-7-10-3-2-4-21-10/h2-4,9H,5-8H2,1H3,(H,14,17)(H,18,19)(H2,15,16,20). The maximum Gasteiger partial charge on any atom is 0.315 e. The first kappa shape index (κ1) is 16.5. The molecule has 1 unspecified atom stereocenters. The molecule has 0 bridgehead atoms. The molecule has 4 N–H and O–H groups in total. The minimum Gasteiger partial charge on any atom is -0.481 e. The molecule has 21 heavy (non-hydrogen) atoms. The van der Waals surface area contributed by atoms with E-state index in [1.54, 1.807) is 19.1 Å². The lowest BCUT2D eigenvalue weighted by molar-refractivity contribution is -0.138.